The molecule has 1 aromatic heterocycles. The highest BCUT2D eigenvalue weighted by Gasteiger charge is 2.17. The number of nitrogens with zero attached hydrogens (tertiary/aromatic N) is 1. The molecule has 1 aromatic carbocycles. The highest BCUT2D eigenvalue weighted by atomic mass is 32.2. The van der Waals surface area contributed by atoms with Crippen molar-refractivity contribution in [1.29, 1.82) is 0 Å². The van der Waals surface area contributed by atoms with Gasteiger partial charge in [0.1, 0.15) is 11.6 Å². The third-order valence-corrected chi connectivity index (χ3v) is 5.05. The monoisotopic (exact) mass is 433 g/mol. The lowest BCUT2D eigenvalue weighted by atomic mass is 10.0. The van der Waals surface area contributed by atoms with E-state index in [1.807, 2.05) is 70.2 Å². The van der Waals surface area contributed by atoms with Crippen LogP contribution < -0.4 is 14.8 Å². The molecular weight excluding hydrogens is 398 g/mol. The van der Waals surface area contributed by atoms with Gasteiger partial charge < -0.3 is 15.2 Å². The van der Waals surface area contributed by atoms with Crippen LogP contribution in [0.15, 0.2) is 53.6 Å². The van der Waals surface area contributed by atoms with Gasteiger partial charge in [-0.15, -0.1) is 0 Å². The summed E-state index contributed by atoms with van der Waals surface area (Å²) in [6.07, 6.45) is 3.82. The van der Waals surface area contributed by atoms with Crippen LogP contribution in [-0.4, -0.2) is 35.3 Å². The predicted molar refractivity (Wildman–Crippen MR) is 125 cm³/mol. The summed E-state index contributed by atoms with van der Waals surface area (Å²) < 4.78 is 9.10. The van der Waals surface area contributed by atoms with E-state index in [4.69, 9.17) is 9.84 Å². The van der Waals surface area contributed by atoms with Crippen LogP contribution in [0.3, 0.4) is 0 Å². The van der Waals surface area contributed by atoms with E-state index in [9.17, 15) is 4.79 Å². The van der Waals surface area contributed by atoms with E-state index in [1.165, 1.54) is 11.9 Å². The quantitative estimate of drug-likeness (QED) is 0.285. The number of benzene rings is 1. The third kappa shape index (κ3) is 11.1. The molecule has 30 heavy (non-hydrogen) atoms. The van der Waals surface area contributed by atoms with Crippen molar-refractivity contribution in [2.45, 2.75) is 57.9 Å². The summed E-state index contributed by atoms with van der Waals surface area (Å²) in [7, 11) is 0. The highest BCUT2D eigenvalue weighted by Crippen LogP contribution is 2.23. The summed E-state index contributed by atoms with van der Waals surface area (Å²) >= 11 is 1.45. The van der Waals surface area contributed by atoms with Gasteiger partial charge in [-0.25, -0.2) is 4.98 Å². The topological polar surface area (TPSA) is 83.5 Å². The van der Waals surface area contributed by atoms with Gasteiger partial charge in [-0.1, -0.05) is 39.8 Å². The number of nitrogens with one attached hydrogen (secondary N) is 2. The molecule has 0 amide bonds. The minimum absolute atomic E-state index is 0.0846. The number of hydrogen-bond donors (Lipinski definition) is 3. The van der Waals surface area contributed by atoms with Crippen molar-refractivity contribution in [2.75, 3.05) is 18.5 Å². The Bertz CT molecular complexity index is 714. The first-order valence-electron chi connectivity index (χ1n) is 10.6. The molecule has 0 aliphatic heterocycles. The summed E-state index contributed by atoms with van der Waals surface area (Å²) in [4.78, 5) is 16.2. The molecule has 3 N–H and O–H groups in total. The van der Waals surface area contributed by atoms with Gasteiger partial charge in [-0.3, -0.25) is 9.52 Å². The molecule has 6 nitrogen and oxygen atoms in total. The van der Waals surface area contributed by atoms with E-state index in [0.29, 0.717) is 6.61 Å². The number of unbranched alkanes of at least 4 members (excludes halogenated alkanes) is 1. The lowest BCUT2D eigenvalue weighted by Gasteiger charge is -2.20. The normalized spacial score (nSPS) is 11.4. The highest BCUT2D eigenvalue weighted by molar-refractivity contribution is 7.97. The van der Waals surface area contributed by atoms with Gasteiger partial charge in [0.25, 0.3) is 0 Å². The minimum Gasteiger partial charge on any atom is -0.494 e. The molecule has 0 radical (unpaired) electrons. The maximum absolute atomic E-state index is 11.0. The van der Waals surface area contributed by atoms with E-state index in [0.717, 1.165) is 35.8 Å². The van der Waals surface area contributed by atoms with Gasteiger partial charge in [0, 0.05) is 23.7 Å². The largest absolute Gasteiger partial charge is 0.494 e. The molecule has 0 saturated carbocycles. The number of carboxylic acids is 1. The molecule has 2 rings (SSSR count). The van der Waals surface area contributed by atoms with Crippen molar-refractivity contribution < 1.29 is 14.6 Å². The van der Waals surface area contributed by atoms with E-state index < -0.39 is 5.97 Å². The predicted octanol–water partition coefficient (Wildman–Crippen LogP) is 5.47. The Morgan fingerprint density at radius 1 is 1.17 bits per heavy atom. The molecule has 0 aliphatic rings. The Labute approximate surface area is 185 Å². The minimum atomic E-state index is -0.790. The Morgan fingerprint density at radius 2 is 1.97 bits per heavy atom. The van der Waals surface area contributed by atoms with Crippen LogP contribution in [0.2, 0.25) is 0 Å². The summed E-state index contributed by atoms with van der Waals surface area (Å²) in [5, 5.41) is 12.3. The molecule has 0 aliphatic carbocycles. The molecule has 0 bridgehead atoms. The Balaban J connectivity index is 0.00000218. The van der Waals surface area contributed by atoms with Gasteiger partial charge in [-0.2, -0.15) is 0 Å². The first-order valence-corrected chi connectivity index (χ1v) is 11.4. The van der Waals surface area contributed by atoms with Gasteiger partial charge in [0.2, 0.25) is 0 Å². The zero-order valence-corrected chi connectivity index (χ0v) is 19.2. The third-order valence-electron chi connectivity index (χ3n) is 4.14. The molecule has 0 saturated heterocycles. The number of pyridine rings is 1. The second kappa shape index (κ2) is 15.6. The molecule has 2 aromatic rings. The summed E-state index contributed by atoms with van der Waals surface area (Å²) in [6.45, 7) is 9.55. The van der Waals surface area contributed by atoms with Gasteiger partial charge >= 0.3 is 5.97 Å². The van der Waals surface area contributed by atoms with Crippen molar-refractivity contribution in [2.24, 2.45) is 5.92 Å². The van der Waals surface area contributed by atoms with Crippen LogP contribution in [0.4, 0.5) is 5.82 Å². The molecule has 7 heteroatoms. The number of hydrogen-bond acceptors (Lipinski definition) is 6. The standard InChI is InChI=1S/C21H29N3O3S.C2H6/c1-16(2)19(15-21(25)26)24-28-18-9-7-8-17(14-18)27-13-6-5-12-23-20-10-3-4-11-22-20;1-2/h3-4,7-11,14,16,19,24H,5-6,12-13,15H2,1-2H3,(H,22,23)(H,25,26);1-2H3. The van der Waals surface area contributed by atoms with Crippen LogP contribution in [0.1, 0.15) is 47.0 Å². The number of carboxylic acid groups (broad SMARTS) is 1. The molecule has 166 valence electrons. The zero-order valence-electron chi connectivity index (χ0n) is 18.4. The molecule has 1 unspecified atom stereocenters. The van der Waals surface area contributed by atoms with E-state index in [-0.39, 0.29) is 18.4 Å². The van der Waals surface area contributed by atoms with Gasteiger partial charge in [0.05, 0.1) is 13.0 Å². The molecule has 0 spiro atoms. The van der Waals surface area contributed by atoms with Crippen LogP contribution >= 0.6 is 11.9 Å². The fourth-order valence-corrected chi connectivity index (χ4v) is 3.44. The summed E-state index contributed by atoms with van der Waals surface area (Å²) in [5.41, 5.74) is 0. The van der Waals surface area contributed by atoms with Crippen LogP contribution in [0, 0.1) is 5.92 Å². The zero-order chi connectivity index (χ0) is 22.2. The average molecular weight is 434 g/mol. The average Bonchev–Trinajstić information content (AvgIpc) is 2.75. The second-order valence-electron chi connectivity index (χ2n) is 6.84. The van der Waals surface area contributed by atoms with E-state index in [2.05, 4.69) is 15.0 Å². The van der Waals surface area contributed by atoms with Crippen molar-refractivity contribution >= 4 is 23.7 Å². The van der Waals surface area contributed by atoms with E-state index >= 15 is 0 Å². The smallest absolute Gasteiger partial charge is 0.304 e. The maximum atomic E-state index is 11.0. The Morgan fingerprint density at radius 3 is 2.63 bits per heavy atom. The van der Waals surface area contributed by atoms with Crippen LogP contribution in [0.25, 0.3) is 0 Å². The molecule has 1 heterocycles. The number of anilines is 1. The van der Waals surface area contributed by atoms with Crippen LogP contribution in [-0.2, 0) is 4.79 Å². The first-order chi connectivity index (χ1) is 14.5. The summed E-state index contributed by atoms with van der Waals surface area (Å²) in [5.74, 6) is 1.16. The first kappa shape index (κ1) is 25.8. The fourth-order valence-electron chi connectivity index (χ4n) is 2.47. The number of ether oxygens (including phenoxy) is 1. The number of carbonyl (C=O) groups is 1. The van der Waals surface area contributed by atoms with E-state index in [1.54, 1.807) is 6.20 Å². The molecule has 1 atom stereocenters. The fraction of sp³-hybridized carbons (Fsp3) is 0.478. The maximum Gasteiger partial charge on any atom is 0.304 e. The molecule has 0 fully saturated rings. The van der Waals surface area contributed by atoms with Crippen molar-refractivity contribution in [3.05, 3.63) is 48.7 Å². The van der Waals surface area contributed by atoms with Crippen molar-refractivity contribution in [1.82, 2.24) is 9.71 Å². The number of rotatable bonds is 13. The van der Waals surface area contributed by atoms with Gasteiger partial charge in [0.15, 0.2) is 0 Å². The SMILES string of the molecule is CC.CC(C)C(CC(=O)O)NSc1cccc(OCCCCNc2ccccn2)c1. The van der Waals surface area contributed by atoms with Crippen molar-refractivity contribution in [3.63, 3.8) is 0 Å². The van der Waals surface area contributed by atoms with Crippen molar-refractivity contribution in [3.8, 4) is 5.75 Å². The second-order valence-corrected chi connectivity index (χ2v) is 7.75. The summed E-state index contributed by atoms with van der Waals surface area (Å²) in [6, 6.07) is 13.6. The number of aromatic nitrogens is 1. The Kier molecular flexibility index (Phi) is 13.4. The molecular formula is C23H35N3O3S. The lowest BCUT2D eigenvalue weighted by molar-refractivity contribution is -0.137. The van der Waals surface area contributed by atoms with Gasteiger partial charge in [-0.05, 0) is 61.0 Å². The lowest BCUT2D eigenvalue weighted by Crippen LogP contribution is -2.31. The Hall–Kier alpha value is -2.25. The van der Waals surface area contributed by atoms with Crippen LogP contribution in [0.5, 0.6) is 5.75 Å². The number of aliphatic carboxylic acids is 1.